The third kappa shape index (κ3) is 3.81. The van der Waals surface area contributed by atoms with Crippen molar-refractivity contribution in [3.8, 4) is 0 Å². The van der Waals surface area contributed by atoms with Crippen molar-refractivity contribution in [2.24, 2.45) is 0 Å². The van der Waals surface area contributed by atoms with Gasteiger partial charge in [-0.3, -0.25) is 9.59 Å². The molecule has 2 aromatic heterocycles. The van der Waals surface area contributed by atoms with Gasteiger partial charge in [-0.05, 0) is 24.3 Å². The predicted molar refractivity (Wildman–Crippen MR) is 79.6 cm³/mol. The Bertz CT molecular complexity index is 635. The normalized spacial score (nSPS) is 17.9. The minimum atomic E-state index is -0.321. The third-order valence-corrected chi connectivity index (χ3v) is 3.65. The number of morpholine rings is 1. The van der Waals surface area contributed by atoms with Crippen molar-refractivity contribution in [1.29, 1.82) is 0 Å². The summed E-state index contributed by atoms with van der Waals surface area (Å²) in [4.78, 5) is 25.7. The molecule has 0 aliphatic carbocycles. The molecule has 23 heavy (non-hydrogen) atoms. The lowest BCUT2D eigenvalue weighted by atomic mass is 10.2. The van der Waals surface area contributed by atoms with Crippen LogP contribution in [0.3, 0.4) is 0 Å². The summed E-state index contributed by atoms with van der Waals surface area (Å²) in [5.74, 6) is 0.609. The zero-order valence-corrected chi connectivity index (χ0v) is 12.6. The first-order valence-electron chi connectivity index (χ1n) is 7.48. The van der Waals surface area contributed by atoms with E-state index in [2.05, 4.69) is 5.32 Å². The molecule has 2 aromatic rings. The average Bonchev–Trinajstić information content (AvgIpc) is 3.28. The van der Waals surface area contributed by atoms with E-state index < -0.39 is 0 Å². The van der Waals surface area contributed by atoms with Gasteiger partial charge in [0.15, 0.2) is 5.76 Å². The van der Waals surface area contributed by atoms with Crippen LogP contribution in [-0.2, 0) is 9.53 Å². The Kier molecular flexibility index (Phi) is 4.77. The van der Waals surface area contributed by atoms with E-state index in [1.54, 1.807) is 29.4 Å². The van der Waals surface area contributed by atoms with Gasteiger partial charge >= 0.3 is 0 Å². The molecule has 1 aliphatic rings. The molecule has 2 amide bonds. The van der Waals surface area contributed by atoms with Crippen molar-refractivity contribution < 1.29 is 23.2 Å². The molecule has 122 valence electrons. The lowest BCUT2D eigenvalue weighted by Crippen LogP contribution is -2.43. The summed E-state index contributed by atoms with van der Waals surface area (Å²) in [6, 6.07) is 6.85. The average molecular weight is 318 g/mol. The summed E-state index contributed by atoms with van der Waals surface area (Å²) in [6.45, 7) is 1.73. The number of ether oxygens (including phenoxy) is 1. The van der Waals surface area contributed by atoms with E-state index in [0.29, 0.717) is 25.5 Å². The Morgan fingerprint density at radius 1 is 1.22 bits per heavy atom. The number of furan rings is 2. The molecule has 0 saturated carbocycles. The van der Waals surface area contributed by atoms with Crippen molar-refractivity contribution in [1.82, 2.24) is 10.2 Å². The summed E-state index contributed by atoms with van der Waals surface area (Å²) >= 11 is 0. The van der Waals surface area contributed by atoms with Gasteiger partial charge in [-0.2, -0.15) is 0 Å². The Balaban J connectivity index is 1.45. The Hall–Kier alpha value is -2.54. The summed E-state index contributed by atoms with van der Waals surface area (Å²) in [5, 5.41) is 2.66. The molecule has 0 unspecified atom stereocenters. The van der Waals surface area contributed by atoms with Gasteiger partial charge in [-0.25, -0.2) is 0 Å². The van der Waals surface area contributed by atoms with Gasteiger partial charge in [0.05, 0.1) is 25.7 Å². The Morgan fingerprint density at radius 2 is 2.04 bits per heavy atom. The molecule has 0 aromatic carbocycles. The number of nitrogens with one attached hydrogen (secondary N) is 1. The minimum absolute atomic E-state index is 0.0235. The second-order valence-electron chi connectivity index (χ2n) is 5.20. The largest absolute Gasteiger partial charge is 0.467 e. The molecule has 3 rings (SSSR count). The summed E-state index contributed by atoms with van der Waals surface area (Å²) in [5.41, 5.74) is 0. The fourth-order valence-corrected chi connectivity index (χ4v) is 2.46. The standard InChI is InChI=1S/C16H18N2O5/c19-15(5-6-17-16(20)13-4-2-9-22-13)18-7-10-23-14(11-18)12-3-1-8-21-12/h1-4,8-9,14H,5-7,10-11H2,(H,17,20)/t14-/m1/s1. The zero-order chi connectivity index (χ0) is 16.1. The number of rotatable bonds is 5. The lowest BCUT2D eigenvalue weighted by Gasteiger charge is -2.32. The van der Waals surface area contributed by atoms with Crippen molar-refractivity contribution in [3.63, 3.8) is 0 Å². The number of carbonyl (C=O) groups is 2. The number of carbonyl (C=O) groups excluding carboxylic acids is 2. The van der Waals surface area contributed by atoms with E-state index in [1.165, 1.54) is 6.26 Å². The lowest BCUT2D eigenvalue weighted by molar-refractivity contribution is -0.139. The van der Waals surface area contributed by atoms with Crippen LogP contribution >= 0.6 is 0 Å². The Labute approximate surface area is 133 Å². The zero-order valence-electron chi connectivity index (χ0n) is 12.6. The molecule has 0 spiro atoms. The van der Waals surface area contributed by atoms with Crippen LogP contribution in [0.2, 0.25) is 0 Å². The first kappa shape index (κ1) is 15.4. The first-order chi connectivity index (χ1) is 11.2. The number of nitrogens with zero attached hydrogens (tertiary/aromatic N) is 1. The number of hydrogen-bond acceptors (Lipinski definition) is 5. The van der Waals surface area contributed by atoms with Crippen LogP contribution in [0, 0.1) is 0 Å². The molecule has 3 heterocycles. The van der Waals surface area contributed by atoms with Gasteiger partial charge in [-0.15, -0.1) is 0 Å². The second-order valence-corrected chi connectivity index (χ2v) is 5.20. The molecule has 1 atom stereocenters. The fraction of sp³-hybridized carbons (Fsp3) is 0.375. The predicted octanol–water partition coefficient (Wildman–Crippen LogP) is 1.59. The topological polar surface area (TPSA) is 84.9 Å². The maximum absolute atomic E-state index is 12.2. The molecular weight excluding hydrogens is 300 g/mol. The number of hydrogen-bond donors (Lipinski definition) is 1. The minimum Gasteiger partial charge on any atom is -0.467 e. The van der Waals surface area contributed by atoms with Gasteiger partial charge in [-0.1, -0.05) is 0 Å². The highest BCUT2D eigenvalue weighted by atomic mass is 16.5. The van der Waals surface area contributed by atoms with E-state index in [0.717, 1.165) is 0 Å². The summed E-state index contributed by atoms with van der Waals surface area (Å²) < 4.78 is 15.9. The molecule has 1 N–H and O–H groups in total. The van der Waals surface area contributed by atoms with E-state index in [1.807, 2.05) is 6.07 Å². The van der Waals surface area contributed by atoms with E-state index in [-0.39, 0.29) is 36.6 Å². The van der Waals surface area contributed by atoms with Gasteiger partial charge in [0.1, 0.15) is 11.9 Å². The number of amides is 2. The van der Waals surface area contributed by atoms with Crippen LogP contribution < -0.4 is 5.32 Å². The van der Waals surface area contributed by atoms with Crippen LogP contribution in [0.4, 0.5) is 0 Å². The van der Waals surface area contributed by atoms with Crippen molar-refractivity contribution in [2.45, 2.75) is 12.5 Å². The van der Waals surface area contributed by atoms with E-state index in [9.17, 15) is 9.59 Å². The molecule has 7 nitrogen and oxygen atoms in total. The van der Waals surface area contributed by atoms with Crippen molar-refractivity contribution in [2.75, 3.05) is 26.2 Å². The quantitative estimate of drug-likeness (QED) is 0.905. The maximum atomic E-state index is 12.2. The molecule has 0 radical (unpaired) electrons. The van der Waals surface area contributed by atoms with Crippen LogP contribution in [-0.4, -0.2) is 43.0 Å². The van der Waals surface area contributed by atoms with Crippen molar-refractivity contribution >= 4 is 11.8 Å². The molecule has 0 bridgehead atoms. The summed E-state index contributed by atoms with van der Waals surface area (Å²) in [6.07, 6.45) is 3.02. The highest BCUT2D eigenvalue weighted by Crippen LogP contribution is 2.22. The van der Waals surface area contributed by atoms with Crippen LogP contribution in [0.5, 0.6) is 0 Å². The highest BCUT2D eigenvalue weighted by molar-refractivity contribution is 5.91. The summed E-state index contributed by atoms with van der Waals surface area (Å²) in [7, 11) is 0. The monoisotopic (exact) mass is 318 g/mol. The molecule has 7 heteroatoms. The maximum Gasteiger partial charge on any atom is 0.286 e. The first-order valence-corrected chi connectivity index (χ1v) is 7.48. The molecule has 1 saturated heterocycles. The van der Waals surface area contributed by atoms with Gasteiger partial charge in [0.25, 0.3) is 5.91 Å². The van der Waals surface area contributed by atoms with E-state index >= 15 is 0 Å². The second kappa shape index (κ2) is 7.15. The van der Waals surface area contributed by atoms with Crippen LogP contribution in [0.15, 0.2) is 45.6 Å². The van der Waals surface area contributed by atoms with Crippen LogP contribution in [0.25, 0.3) is 0 Å². The highest BCUT2D eigenvalue weighted by Gasteiger charge is 2.26. The van der Waals surface area contributed by atoms with Crippen molar-refractivity contribution in [3.05, 3.63) is 48.3 Å². The van der Waals surface area contributed by atoms with Crippen LogP contribution in [0.1, 0.15) is 28.8 Å². The van der Waals surface area contributed by atoms with Gasteiger partial charge in [0, 0.05) is 19.5 Å². The molecule has 1 aliphatic heterocycles. The third-order valence-electron chi connectivity index (χ3n) is 3.65. The molecule has 1 fully saturated rings. The Morgan fingerprint density at radius 3 is 2.78 bits per heavy atom. The fourth-order valence-electron chi connectivity index (χ4n) is 2.46. The molecular formula is C16H18N2O5. The SMILES string of the molecule is O=C(NCCC(=O)N1CCO[C@@H](c2ccco2)C1)c1ccco1. The van der Waals surface area contributed by atoms with Gasteiger partial charge in [0.2, 0.25) is 5.91 Å². The van der Waals surface area contributed by atoms with Gasteiger partial charge < -0.3 is 23.8 Å². The smallest absolute Gasteiger partial charge is 0.286 e. The van der Waals surface area contributed by atoms with E-state index in [4.69, 9.17) is 13.6 Å².